The van der Waals surface area contributed by atoms with Crippen LogP contribution in [0.15, 0.2) is 146 Å². The van der Waals surface area contributed by atoms with E-state index in [2.05, 4.69) is 71.7 Å². The van der Waals surface area contributed by atoms with Crippen LogP contribution in [0.5, 0.6) is 0 Å². The van der Waals surface area contributed by atoms with E-state index in [4.69, 9.17) is 23.2 Å². The summed E-state index contributed by atoms with van der Waals surface area (Å²) in [6.07, 6.45) is 14.8. The molecule has 9 rings (SSSR count). The van der Waals surface area contributed by atoms with Crippen LogP contribution >= 0.6 is 0 Å². The van der Waals surface area contributed by atoms with Gasteiger partial charge >= 0.3 is 0 Å². The molecule has 2 aliphatic rings. The smallest absolute Gasteiger partial charge is 0.226 e. The van der Waals surface area contributed by atoms with Crippen LogP contribution < -0.4 is 4.90 Å². The van der Waals surface area contributed by atoms with E-state index in [0.717, 1.165) is 79.8 Å². The molecule has 44 heavy (non-hydrogen) atoms. The lowest BCUT2D eigenvalue weighted by Crippen LogP contribution is -2.34. The highest BCUT2D eigenvalue weighted by Gasteiger charge is 2.28. The molecular weight excluding hydrogens is 546 g/mol. The molecule has 0 radical (unpaired) electrons. The molecule has 2 unspecified atom stereocenters. The van der Waals surface area contributed by atoms with Gasteiger partial charge in [0.25, 0.3) is 0 Å². The Morgan fingerprint density at radius 2 is 1.36 bits per heavy atom. The highest BCUT2D eigenvalue weighted by molar-refractivity contribution is 6.09. The van der Waals surface area contributed by atoms with Gasteiger partial charge in [0.15, 0.2) is 16.7 Å². The van der Waals surface area contributed by atoms with E-state index in [1.807, 2.05) is 60.7 Å². The first-order valence-corrected chi connectivity index (χ1v) is 15.0. The minimum Gasteiger partial charge on any atom is -0.454 e. The van der Waals surface area contributed by atoms with E-state index in [9.17, 15) is 0 Å². The zero-order chi connectivity index (χ0) is 29.0. The van der Waals surface area contributed by atoms with Crippen molar-refractivity contribution in [2.75, 3.05) is 4.90 Å². The highest BCUT2D eigenvalue weighted by Crippen LogP contribution is 2.40. The summed E-state index contributed by atoms with van der Waals surface area (Å²) in [5, 5.41) is 2.22. The maximum Gasteiger partial charge on any atom is 0.226 e. The summed E-state index contributed by atoms with van der Waals surface area (Å²) in [6, 6.07) is 30.5. The van der Waals surface area contributed by atoms with Crippen molar-refractivity contribution in [2.45, 2.75) is 24.8 Å². The number of nitrogens with zero attached hydrogens (tertiary/aromatic N) is 3. The summed E-state index contributed by atoms with van der Waals surface area (Å²) in [5.41, 5.74) is 8.26. The third-order valence-electron chi connectivity index (χ3n) is 8.58. The molecule has 0 aliphatic heterocycles. The Hall–Kier alpha value is -5.62. The summed E-state index contributed by atoms with van der Waals surface area (Å²) >= 11 is 0. The Morgan fingerprint density at radius 3 is 2.11 bits per heavy atom. The maximum atomic E-state index is 6.51. The van der Waals surface area contributed by atoms with Crippen LogP contribution in [0, 0.1) is 0 Å². The summed E-state index contributed by atoms with van der Waals surface area (Å²) in [6.45, 7) is 0. The van der Waals surface area contributed by atoms with Crippen LogP contribution in [0.3, 0.4) is 0 Å². The quantitative estimate of drug-likeness (QED) is 0.204. The minimum absolute atomic E-state index is 0.0544. The van der Waals surface area contributed by atoms with Crippen molar-refractivity contribution in [1.82, 2.24) is 9.97 Å². The fraction of sp³-hybridized carbons (Fsp3) is 0.105. The standard InChI is InChI=1S/C38H27N3O3/c1-4-13-33-28(8-1)29-9-7-12-32(36(29)42-33)41(26-20-16-24(17-21-26)37-39-30-10-2-5-14-34(30)43-37)27-22-18-25(19-23-27)38-40-31-11-3-6-15-35(31)44-38/h1-18,20,22-23,25-26H,19,21H2. The minimum atomic E-state index is 0.0544. The van der Waals surface area contributed by atoms with Gasteiger partial charge in [0.05, 0.1) is 17.6 Å². The van der Waals surface area contributed by atoms with E-state index in [-0.39, 0.29) is 12.0 Å². The molecule has 7 aromatic rings. The van der Waals surface area contributed by atoms with Crippen molar-refractivity contribution < 1.29 is 13.3 Å². The number of anilines is 1. The van der Waals surface area contributed by atoms with Crippen molar-refractivity contribution in [1.29, 1.82) is 0 Å². The molecule has 2 atom stereocenters. The SMILES string of the molecule is C1=CC(N(C2=CCC(c3nc4ccccc4o3)C=C2)c2cccc3c2oc2ccccc23)CC=C1c1nc2ccccc2o1. The first-order valence-electron chi connectivity index (χ1n) is 15.0. The number of hydrogen-bond donors (Lipinski definition) is 0. The van der Waals surface area contributed by atoms with Gasteiger partial charge in [-0.3, -0.25) is 0 Å². The molecule has 0 bridgehead atoms. The van der Waals surface area contributed by atoms with Crippen LogP contribution in [0.4, 0.5) is 5.69 Å². The van der Waals surface area contributed by atoms with Gasteiger partial charge in [0, 0.05) is 22.0 Å². The lowest BCUT2D eigenvalue weighted by molar-refractivity contribution is 0.503. The lowest BCUT2D eigenvalue weighted by atomic mass is 9.95. The van der Waals surface area contributed by atoms with Crippen molar-refractivity contribution >= 4 is 55.4 Å². The predicted octanol–water partition coefficient (Wildman–Crippen LogP) is 9.71. The molecule has 212 valence electrons. The third-order valence-corrected chi connectivity index (χ3v) is 8.58. The number of allylic oxidation sites excluding steroid dienone is 5. The first kappa shape index (κ1) is 24.9. The van der Waals surface area contributed by atoms with E-state index in [1.54, 1.807) is 0 Å². The molecule has 3 aromatic heterocycles. The highest BCUT2D eigenvalue weighted by atomic mass is 16.4. The van der Waals surface area contributed by atoms with Gasteiger partial charge in [0.1, 0.15) is 16.6 Å². The van der Waals surface area contributed by atoms with Crippen LogP contribution in [0.2, 0.25) is 0 Å². The molecule has 0 amide bonds. The normalized spacial score (nSPS) is 18.4. The van der Waals surface area contributed by atoms with Gasteiger partial charge < -0.3 is 18.2 Å². The van der Waals surface area contributed by atoms with Gasteiger partial charge in [-0.25, -0.2) is 9.97 Å². The molecule has 3 heterocycles. The van der Waals surface area contributed by atoms with E-state index in [0.29, 0.717) is 5.89 Å². The van der Waals surface area contributed by atoms with E-state index < -0.39 is 0 Å². The van der Waals surface area contributed by atoms with Crippen molar-refractivity contribution in [3.63, 3.8) is 0 Å². The Balaban J connectivity index is 1.09. The summed E-state index contributed by atoms with van der Waals surface area (Å²) in [7, 11) is 0. The number of para-hydroxylation sites is 6. The van der Waals surface area contributed by atoms with Crippen molar-refractivity contribution in [3.8, 4) is 0 Å². The van der Waals surface area contributed by atoms with Crippen LogP contribution in [-0.4, -0.2) is 16.0 Å². The van der Waals surface area contributed by atoms with E-state index >= 15 is 0 Å². The number of hydrogen-bond acceptors (Lipinski definition) is 6. The second-order valence-electron chi connectivity index (χ2n) is 11.3. The Labute approximate surface area is 252 Å². The molecule has 4 aromatic carbocycles. The third kappa shape index (κ3) is 4.10. The molecule has 6 heteroatoms. The van der Waals surface area contributed by atoms with Crippen molar-refractivity contribution in [3.05, 3.63) is 145 Å². The molecule has 6 nitrogen and oxygen atoms in total. The largest absolute Gasteiger partial charge is 0.454 e. The molecule has 0 saturated carbocycles. The number of fused-ring (bicyclic) bond motifs is 5. The van der Waals surface area contributed by atoms with Gasteiger partial charge in [-0.05, 0) is 55.3 Å². The zero-order valence-electron chi connectivity index (χ0n) is 23.8. The van der Waals surface area contributed by atoms with Crippen LogP contribution in [0.1, 0.15) is 30.5 Å². The summed E-state index contributed by atoms with van der Waals surface area (Å²) < 4.78 is 18.7. The van der Waals surface area contributed by atoms with Crippen LogP contribution in [-0.2, 0) is 0 Å². The van der Waals surface area contributed by atoms with Crippen LogP contribution in [0.25, 0.3) is 49.7 Å². The van der Waals surface area contributed by atoms with Gasteiger partial charge in [-0.2, -0.15) is 0 Å². The predicted molar refractivity (Wildman–Crippen MR) is 174 cm³/mol. The topological polar surface area (TPSA) is 68.4 Å². The van der Waals surface area contributed by atoms with Gasteiger partial charge in [-0.15, -0.1) is 0 Å². The van der Waals surface area contributed by atoms with E-state index in [1.165, 1.54) is 0 Å². The second kappa shape index (κ2) is 9.99. The lowest BCUT2D eigenvalue weighted by Gasteiger charge is -2.35. The average molecular weight is 574 g/mol. The average Bonchev–Trinajstić information content (AvgIpc) is 3.81. The summed E-state index contributed by atoms with van der Waals surface area (Å²) in [5.74, 6) is 1.46. The Bertz CT molecular complexity index is 2260. The second-order valence-corrected chi connectivity index (χ2v) is 11.3. The Morgan fingerprint density at radius 1 is 0.614 bits per heavy atom. The fourth-order valence-electron chi connectivity index (χ4n) is 6.41. The molecule has 0 fully saturated rings. The molecular formula is C38H27N3O3. The monoisotopic (exact) mass is 573 g/mol. The number of oxazole rings is 2. The van der Waals surface area contributed by atoms with Crippen molar-refractivity contribution in [2.24, 2.45) is 0 Å². The first-order chi connectivity index (χ1) is 21.8. The maximum absolute atomic E-state index is 6.51. The molecule has 2 aliphatic carbocycles. The fourth-order valence-corrected chi connectivity index (χ4v) is 6.41. The molecule has 0 saturated heterocycles. The number of aromatic nitrogens is 2. The number of furan rings is 1. The van der Waals surface area contributed by atoms with Gasteiger partial charge in [-0.1, -0.05) is 85.0 Å². The number of benzene rings is 4. The van der Waals surface area contributed by atoms with Gasteiger partial charge in [0.2, 0.25) is 11.8 Å². The Kier molecular flexibility index (Phi) is 5.66. The molecule has 0 spiro atoms. The zero-order valence-corrected chi connectivity index (χ0v) is 23.8. The summed E-state index contributed by atoms with van der Waals surface area (Å²) in [4.78, 5) is 11.9. The number of rotatable bonds is 5. The molecule has 0 N–H and O–H groups in total.